The molecule has 0 amide bonds. The van der Waals surface area contributed by atoms with Crippen molar-refractivity contribution < 1.29 is 8.42 Å². The van der Waals surface area contributed by atoms with Gasteiger partial charge in [-0.2, -0.15) is 0 Å². The van der Waals surface area contributed by atoms with Crippen molar-refractivity contribution in [1.29, 1.82) is 0 Å². The first-order valence-corrected chi connectivity index (χ1v) is 7.89. The Balaban J connectivity index is 2.37. The predicted molar refractivity (Wildman–Crippen MR) is 81.1 cm³/mol. The minimum Gasteiger partial charge on any atom is -0.279 e. The van der Waals surface area contributed by atoms with Gasteiger partial charge in [0.05, 0.1) is 10.6 Å². The normalized spacial score (nSPS) is 11.2. The number of halogens is 1. The molecule has 0 aromatic heterocycles. The van der Waals surface area contributed by atoms with E-state index in [0.29, 0.717) is 5.69 Å². The van der Waals surface area contributed by atoms with Crippen molar-refractivity contribution in [1.82, 2.24) is 0 Å². The molecule has 0 aliphatic heterocycles. The van der Waals surface area contributed by atoms with E-state index < -0.39 is 10.0 Å². The van der Waals surface area contributed by atoms with Gasteiger partial charge in [0.25, 0.3) is 10.0 Å². The SMILES string of the molecule is Cc1cccc(S(=O)(=O)Nc2ccccc2I)c1. The molecule has 0 saturated heterocycles. The van der Waals surface area contributed by atoms with Crippen LogP contribution in [0.3, 0.4) is 0 Å². The first-order chi connectivity index (χ1) is 8.49. The average molecular weight is 373 g/mol. The molecule has 3 nitrogen and oxygen atoms in total. The van der Waals surface area contributed by atoms with E-state index in [1.165, 1.54) is 0 Å². The van der Waals surface area contributed by atoms with Gasteiger partial charge >= 0.3 is 0 Å². The third kappa shape index (κ3) is 3.02. The topological polar surface area (TPSA) is 46.2 Å². The Morgan fingerprint density at radius 1 is 1.06 bits per heavy atom. The summed E-state index contributed by atoms with van der Waals surface area (Å²) in [6.07, 6.45) is 0. The highest BCUT2D eigenvalue weighted by molar-refractivity contribution is 14.1. The van der Waals surface area contributed by atoms with Crippen LogP contribution in [0.5, 0.6) is 0 Å². The number of sulfonamides is 1. The highest BCUT2D eigenvalue weighted by Crippen LogP contribution is 2.21. The molecule has 2 aromatic carbocycles. The van der Waals surface area contributed by atoms with E-state index in [0.717, 1.165) is 9.13 Å². The lowest BCUT2D eigenvalue weighted by atomic mass is 10.2. The number of nitrogens with one attached hydrogen (secondary N) is 1. The summed E-state index contributed by atoms with van der Waals surface area (Å²) in [5, 5.41) is 0. The van der Waals surface area contributed by atoms with E-state index in [1.54, 1.807) is 30.3 Å². The van der Waals surface area contributed by atoms with Crippen LogP contribution in [0, 0.1) is 10.5 Å². The van der Waals surface area contributed by atoms with Crippen molar-refractivity contribution in [2.75, 3.05) is 4.72 Å². The molecule has 5 heteroatoms. The number of para-hydroxylation sites is 1. The molecular formula is C13H12INO2S. The maximum absolute atomic E-state index is 12.2. The molecule has 1 N–H and O–H groups in total. The average Bonchev–Trinajstić information content (AvgIpc) is 2.32. The van der Waals surface area contributed by atoms with E-state index in [2.05, 4.69) is 27.3 Å². The zero-order chi connectivity index (χ0) is 13.2. The standard InChI is InChI=1S/C13H12INO2S/c1-10-5-4-6-11(9-10)18(16,17)15-13-8-3-2-7-12(13)14/h2-9,15H,1H3. The molecule has 0 aliphatic carbocycles. The van der Waals surface area contributed by atoms with Crippen LogP contribution in [-0.2, 0) is 10.0 Å². The molecule has 0 atom stereocenters. The molecule has 0 aliphatic rings. The molecule has 2 aromatic rings. The van der Waals surface area contributed by atoms with Crippen LogP contribution in [0.25, 0.3) is 0 Å². The molecule has 0 spiro atoms. The Bertz CT molecular complexity index is 668. The largest absolute Gasteiger partial charge is 0.279 e. The summed E-state index contributed by atoms with van der Waals surface area (Å²) < 4.78 is 27.8. The molecule has 18 heavy (non-hydrogen) atoms. The number of anilines is 1. The fourth-order valence-corrected chi connectivity index (χ4v) is 3.42. The van der Waals surface area contributed by atoms with E-state index in [1.807, 2.05) is 25.1 Å². The number of aryl methyl sites for hydroxylation is 1. The summed E-state index contributed by atoms with van der Waals surface area (Å²) in [4.78, 5) is 0.280. The van der Waals surface area contributed by atoms with Crippen LogP contribution in [0.4, 0.5) is 5.69 Å². The monoisotopic (exact) mass is 373 g/mol. The number of hydrogen-bond donors (Lipinski definition) is 1. The second kappa shape index (κ2) is 5.27. The quantitative estimate of drug-likeness (QED) is 0.839. The van der Waals surface area contributed by atoms with Crippen molar-refractivity contribution in [3.05, 3.63) is 57.7 Å². The van der Waals surface area contributed by atoms with Gasteiger partial charge in [-0.05, 0) is 59.3 Å². The van der Waals surface area contributed by atoms with Gasteiger partial charge in [-0.15, -0.1) is 0 Å². The third-order valence-corrected chi connectivity index (χ3v) is 4.72. The first kappa shape index (κ1) is 13.4. The van der Waals surface area contributed by atoms with Gasteiger partial charge in [0.1, 0.15) is 0 Å². The maximum atomic E-state index is 12.2. The lowest BCUT2D eigenvalue weighted by molar-refractivity contribution is 0.601. The number of hydrogen-bond acceptors (Lipinski definition) is 2. The van der Waals surface area contributed by atoms with E-state index in [4.69, 9.17) is 0 Å². The van der Waals surface area contributed by atoms with Crippen LogP contribution in [-0.4, -0.2) is 8.42 Å². The molecular weight excluding hydrogens is 361 g/mol. The Hall–Kier alpha value is -1.08. The second-order valence-corrected chi connectivity index (χ2v) is 6.75. The molecule has 2 rings (SSSR count). The van der Waals surface area contributed by atoms with Crippen LogP contribution < -0.4 is 4.72 Å². The molecule has 94 valence electrons. The Kier molecular flexibility index (Phi) is 3.91. The smallest absolute Gasteiger partial charge is 0.261 e. The summed E-state index contributed by atoms with van der Waals surface area (Å²) in [6, 6.07) is 14.1. The lowest BCUT2D eigenvalue weighted by Gasteiger charge is -2.09. The first-order valence-electron chi connectivity index (χ1n) is 5.33. The van der Waals surface area contributed by atoms with Crippen molar-refractivity contribution in [2.45, 2.75) is 11.8 Å². The molecule has 0 heterocycles. The van der Waals surface area contributed by atoms with Gasteiger partial charge in [0.2, 0.25) is 0 Å². The van der Waals surface area contributed by atoms with Gasteiger partial charge in [0, 0.05) is 3.57 Å². The number of benzene rings is 2. The van der Waals surface area contributed by atoms with Gasteiger partial charge in [-0.1, -0.05) is 24.3 Å². The fourth-order valence-electron chi connectivity index (χ4n) is 1.53. The Morgan fingerprint density at radius 3 is 2.44 bits per heavy atom. The number of rotatable bonds is 3. The summed E-state index contributed by atoms with van der Waals surface area (Å²) >= 11 is 2.10. The highest BCUT2D eigenvalue weighted by Gasteiger charge is 2.15. The van der Waals surface area contributed by atoms with Crippen molar-refractivity contribution >= 4 is 38.3 Å². The minimum absolute atomic E-state index is 0.280. The van der Waals surface area contributed by atoms with Crippen molar-refractivity contribution in [3.63, 3.8) is 0 Å². The fraction of sp³-hybridized carbons (Fsp3) is 0.0769. The van der Waals surface area contributed by atoms with Gasteiger partial charge in [-0.3, -0.25) is 4.72 Å². The van der Waals surface area contributed by atoms with Gasteiger partial charge < -0.3 is 0 Å². The maximum Gasteiger partial charge on any atom is 0.261 e. The van der Waals surface area contributed by atoms with Crippen molar-refractivity contribution in [2.24, 2.45) is 0 Å². The van der Waals surface area contributed by atoms with Gasteiger partial charge in [0.15, 0.2) is 0 Å². The predicted octanol–water partition coefficient (Wildman–Crippen LogP) is 3.40. The van der Waals surface area contributed by atoms with E-state index in [-0.39, 0.29) is 4.90 Å². The third-order valence-electron chi connectivity index (χ3n) is 2.42. The Labute approximate surface area is 120 Å². The van der Waals surface area contributed by atoms with Crippen LogP contribution in [0.15, 0.2) is 53.4 Å². The van der Waals surface area contributed by atoms with Crippen LogP contribution >= 0.6 is 22.6 Å². The zero-order valence-electron chi connectivity index (χ0n) is 9.72. The lowest BCUT2D eigenvalue weighted by Crippen LogP contribution is -2.13. The zero-order valence-corrected chi connectivity index (χ0v) is 12.7. The Morgan fingerprint density at radius 2 is 1.78 bits per heavy atom. The second-order valence-electron chi connectivity index (χ2n) is 3.90. The highest BCUT2D eigenvalue weighted by atomic mass is 127. The summed E-state index contributed by atoms with van der Waals surface area (Å²) in [6.45, 7) is 1.87. The molecule has 0 fully saturated rings. The molecule has 0 bridgehead atoms. The summed E-state index contributed by atoms with van der Waals surface area (Å²) in [5.74, 6) is 0. The summed E-state index contributed by atoms with van der Waals surface area (Å²) in [7, 11) is -3.51. The molecule has 0 saturated carbocycles. The summed E-state index contributed by atoms with van der Waals surface area (Å²) in [5.41, 5.74) is 1.51. The van der Waals surface area contributed by atoms with Gasteiger partial charge in [-0.25, -0.2) is 8.42 Å². The molecule has 0 unspecified atom stereocenters. The van der Waals surface area contributed by atoms with E-state index >= 15 is 0 Å². The molecule has 0 radical (unpaired) electrons. The minimum atomic E-state index is -3.51. The van der Waals surface area contributed by atoms with Crippen LogP contribution in [0.1, 0.15) is 5.56 Å². The van der Waals surface area contributed by atoms with Crippen molar-refractivity contribution in [3.8, 4) is 0 Å². The van der Waals surface area contributed by atoms with E-state index in [9.17, 15) is 8.42 Å². The van der Waals surface area contributed by atoms with Crippen LogP contribution in [0.2, 0.25) is 0 Å².